The lowest BCUT2D eigenvalue weighted by Gasteiger charge is -2.30. The van der Waals surface area contributed by atoms with E-state index >= 15 is 0 Å². The maximum absolute atomic E-state index is 11.7. The minimum absolute atomic E-state index is 0. The molecule has 1 aromatic carbocycles. The Morgan fingerprint density at radius 2 is 2.00 bits per heavy atom. The van der Waals surface area contributed by atoms with Crippen LogP contribution in [0, 0.1) is 5.92 Å². The van der Waals surface area contributed by atoms with Crippen LogP contribution < -0.4 is 4.74 Å². The SMILES string of the molecule is CCOC(=O)C1CCN(CCOc2cccc(C(C)C)c2)CC1.Cl. The van der Waals surface area contributed by atoms with Crippen LogP contribution in [-0.2, 0) is 9.53 Å². The number of rotatable bonds is 7. The molecule has 0 spiro atoms. The second-order valence-electron chi connectivity index (χ2n) is 6.44. The standard InChI is InChI=1S/C19H29NO3.ClH/c1-4-22-19(21)16-8-10-20(11-9-16)12-13-23-18-7-5-6-17(14-18)15(2)3;/h5-7,14-16H,4,8-13H2,1-3H3;1H. The van der Waals surface area contributed by atoms with E-state index in [1.807, 2.05) is 13.0 Å². The third-order valence-electron chi connectivity index (χ3n) is 4.41. The molecule has 2 rings (SSSR count). The summed E-state index contributed by atoms with van der Waals surface area (Å²) in [6.07, 6.45) is 1.78. The zero-order valence-electron chi connectivity index (χ0n) is 15.0. The summed E-state index contributed by atoms with van der Waals surface area (Å²) < 4.78 is 11.0. The van der Waals surface area contributed by atoms with E-state index in [1.165, 1.54) is 5.56 Å². The molecule has 1 aliphatic heterocycles. The van der Waals surface area contributed by atoms with Crippen molar-refractivity contribution in [1.29, 1.82) is 0 Å². The zero-order chi connectivity index (χ0) is 16.7. The van der Waals surface area contributed by atoms with Gasteiger partial charge in [-0.1, -0.05) is 26.0 Å². The smallest absolute Gasteiger partial charge is 0.309 e. The molecule has 1 saturated heterocycles. The predicted octanol–water partition coefficient (Wildman–Crippen LogP) is 3.89. The van der Waals surface area contributed by atoms with E-state index in [0.29, 0.717) is 19.1 Å². The molecule has 0 atom stereocenters. The minimum Gasteiger partial charge on any atom is -0.492 e. The van der Waals surface area contributed by atoms with Crippen molar-refractivity contribution in [3.63, 3.8) is 0 Å². The average molecular weight is 356 g/mol. The molecular formula is C19H30ClNO3. The Balaban J connectivity index is 0.00000288. The molecule has 5 heteroatoms. The molecule has 0 N–H and O–H groups in total. The van der Waals surface area contributed by atoms with Crippen LogP contribution in [0.3, 0.4) is 0 Å². The van der Waals surface area contributed by atoms with Gasteiger partial charge in [0.2, 0.25) is 0 Å². The summed E-state index contributed by atoms with van der Waals surface area (Å²) in [5, 5.41) is 0. The second kappa shape index (κ2) is 10.6. The van der Waals surface area contributed by atoms with Gasteiger partial charge in [-0.25, -0.2) is 0 Å². The molecule has 1 heterocycles. The molecule has 0 aromatic heterocycles. The van der Waals surface area contributed by atoms with Gasteiger partial charge < -0.3 is 9.47 Å². The number of hydrogen-bond acceptors (Lipinski definition) is 4. The van der Waals surface area contributed by atoms with Crippen LogP contribution in [0.4, 0.5) is 0 Å². The molecule has 0 saturated carbocycles. The Hall–Kier alpha value is -1.26. The predicted molar refractivity (Wildman–Crippen MR) is 99.1 cm³/mol. The van der Waals surface area contributed by atoms with Gasteiger partial charge in [-0.05, 0) is 56.5 Å². The van der Waals surface area contributed by atoms with E-state index in [4.69, 9.17) is 9.47 Å². The summed E-state index contributed by atoms with van der Waals surface area (Å²) in [7, 11) is 0. The quantitative estimate of drug-likeness (QED) is 0.696. The van der Waals surface area contributed by atoms with E-state index in [2.05, 4.69) is 36.9 Å². The molecule has 1 fully saturated rings. The molecule has 0 unspecified atom stereocenters. The third-order valence-corrected chi connectivity index (χ3v) is 4.41. The van der Waals surface area contributed by atoms with Crippen molar-refractivity contribution < 1.29 is 14.3 Å². The van der Waals surface area contributed by atoms with Crippen LogP contribution >= 0.6 is 12.4 Å². The van der Waals surface area contributed by atoms with Crippen LogP contribution in [-0.4, -0.2) is 43.7 Å². The van der Waals surface area contributed by atoms with Crippen molar-refractivity contribution in [2.45, 2.75) is 39.5 Å². The molecule has 24 heavy (non-hydrogen) atoms. The van der Waals surface area contributed by atoms with E-state index in [0.717, 1.165) is 38.2 Å². The molecule has 0 amide bonds. The maximum Gasteiger partial charge on any atom is 0.309 e. The highest BCUT2D eigenvalue weighted by atomic mass is 35.5. The van der Waals surface area contributed by atoms with E-state index < -0.39 is 0 Å². The van der Waals surface area contributed by atoms with Crippen LogP contribution in [0.15, 0.2) is 24.3 Å². The Bertz CT molecular complexity index is 499. The Morgan fingerprint density at radius 1 is 1.29 bits per heavy atom. The molecule has 4 nitrogen and oxygen atoms in total. The van der Waals surface area contributed by atoms with Crippen LogP contribution in [0.25, 0.3) is 0 Å². The van der Waals surface area contributed by atoms with Gasteiger partial charge >= 0.3 is 5.97 Å². The van der Waals surface area contributed by atoms with Gasteiger partial charge in [-0.2, -0.15) is 0 Å². The Labute approximate surface area is 151 Å². The van der Waals surface area contributed by atoms with Crippen LogP contribution in [0.5, 0.6) is 5.75 Å². The van der Waals surface area contributed by atoms with E-state index in [-0.39, 0.29) is 24.3 Å². The molecule has 0 aliphatic carbocycles. The fraction of sp³-hybridized carbons (Fsp3) is 0.632. The molecule has 136 valence electrons. The van der Waals surface area contributed by atoms with Crippen molar-refractivity contribution in [3.05, 3.63) is 29.8 Å². The molecule has 1 aromatic rings. The highest BCUT2D eigenvalue weighted by Gasteiger charge is 2.25. The van der Waals surface area contributed by atoms with Crippen LogP contribution in [0.2, 0.25) is 0 Å². The minimum atomic E-state index is -0.0334. The lowest BCUT2D eigenvalue weighted by molar-refractivity contribution is -0.149. The van der Waals surface area contributed by atoms with Crippen molar-refractivity contribution in [2.75, 3.05) is 32.8 Å². The zero-order valence-corrected chi connectivity index (χ0v) is 15.8. The molecule has 0 bridgehead atoms. The molecule has 1 aliphatic rings. The summed E-state index contributed by atoms with van der Waals surface area (Å²) in [5.74, 6) is 1.50. The van der Waals surface area contributed by atoms with Gasteiger partial charge in [-0.15, -0.1) is 12.4 Å². The number of likely N-dealkylation sites (tertiary alicyclic amines) is 1. The van der Waals surface area contributed by atoms with Crippen molar-refractivity contribution in [2.24, 2.45) is 5.92 Å². The number of esters is 1. The summed E-state index contributed by atoms with van der Waals surface area (Å²) in [4.78, 5) is 14.1. The van der Waals surface area contributed by atoms with Gasteiger partial charge in [-0.3, -0.25) is 9.69 Å². The fourth-order valence-electron chi connectivity index (χ4n) is 2.91. The van der Waals surface area contributed by atoms with Crippen molar-refractivity contribution in [3.8, 4) is 5.75 Å². The molecule has 0 radical (unpaired) electrons. The van der Waals surface area contributed by atoms with Crippen molar-refractivity contribution in [1.82, 2.24) is 4.90 Å². The van der Waals surface area contributed by atoms with Gasteiger partial charge in [0.1, 0.15) is 12.4 Å². The summed E-state index contributed by atoms with van der Waals surface area (Å²) in [6.45, 7) is 10.2. The lowest BCUT2D eigenvalue weighted by atomic mass is 9.97. The van der Waals surface area contributed by atoms with Gasteiger partial charge in [0.15, 0.2) is 0 Å². The number of piperidine rings is 1. The topological polar surface area (TPSA) is 38.8 Å². The van der Waals surface area contributed by atoms with Gasteiger partial charge in [0.25, 0.3) is 0 Å². The third kappa shape index (κ3) is 6.33. The monoisotopic (exact) mass is 355 g/mol. The second-order valence-corrected chi connectivity index (χ2v) is 6.44. The number of carbonyl (C=O) groups excluding carboxylic acids is 1. The van der Waals surface area contributed by atoms with E-state index in [9.17, 15) is 4.79 Å². The molecular weight excluding hydrogens is 326 g/mol. The number of halogens is 1. The highest BCUT2D eigenvalue weighted by Crippen LogP contribution is 2.21. The largest absolute Gasteiger partial charge is 0.492 e. The average Bonchev–Trinajstić information content (AvgIpc) is 2.56. The number of hydrogen-bond donors (Lipinski definition) is 0. The summed E-state index contributed by atoms with van der Waals surface area (Å²) in [5.41, 5.74) is 1.30. The highest BCUT2D eigenvalue weighted by molar-refractivity contribution is 5.85. The first-order valence-corrected chi connectivity index (χ1v) is 8.72. The van der Waals surface area contributed by atoms with Gasteiger partial charge in [0, 0.05) is 6.54 Å². The van der Waals surface area contributed by atoms with Crippen LogP contribution in [0.1, 0.15) is 45.1 Å². The first kappa shape index (κ1) is 20.8. The normalized spacial score (nSPS) is 15.8. The Kier molecular flexibility index (Phi) is 9.16. The first-order valence-electron chi connectivity index (χ1n) is 8.72. The van der Waals surface area contributed by atoms with Gasteiger partial charge in [0.05, 0.1) is 12.5 Å². The Morgan fingerprint density at radius 3 is 2.62 bits per heavy atom. The number of ether oxygens (including phenoxy) is 2. The first-order chi connectivity index (χ1) is 11.1. The number of carbonyl (C=O) groups is 1. The summed E-state index contributed by atoms with van der Waals surface area (Å²) in [6, 6.07) is 8.32. The number of nitrogens with zero attached hydrogens (tertiary/aromatic N) is 1. The number of benzene rings is 1. The van der Waals surface area contributed by atoms with E-state index in [1.54, 1.807) is 0 Å². The lowest BCUT2D eigenvalue weighted by Crippen LogP contribution is -2.39. The maximum atomic E-state index is 11.7. The van der Waals surface area contributed by atoms with Crippen molar-refractivity contribution >= 4 is 18.4 Å². The fourth-order valence-corrected chi connectivity index (χ4v) is 2.91. The summed E-state index contributed by atoms with van der Waals surface area (Å²) >= 11 is 0.